The van der Waals surface area contributed by atoms with Crippen molar-refractivity contribution in [1.29, 1.82) is 0 Å². The maximum absolute atomic E-state index is 13.4. The molecule has 0 spiro atoms. The lowest BCUT2D eigenvalue weighted by molar-refractivity contribution is 0.0630. The SMILES string of the molecule is NS(=O)(=O)CC12CCCCC1C2(F)F. The van der Waals surface area contributed by atoms with E-state index in [-0.39, 0.29) is 0 Å². The number of nitrogens with two attached hydrogens (primary N) is 1. The molecule has 0 amide bonds. The third kappa shape index (κ3) is 1.27. The number of halogens is 2. The van der Waals surface area contributed by atoms with E-state index >= 15 is 0 Å². The largest absolute Gasteiger partial charge is 0.258 e. The van der Waals surface area contributed by atoms with Crippen molar-refractivity contribution in [3.05, 3.63) is 0 Å². The minimum Gasteiger partial charge on any atom is -0.229 e. The van der Waals surface area contributed by atoms with Crippen molar-refractivity contribution in [3.63, 3.8) is 0 Å². The van der Waals surface area contributed by atoms with E-state index < -0.39 is 33.0 Å². The number of hydrogen-bond donors (Lipinski definition) is 1. The Morgan fingerprint density at radius 3 is 2.50 bits per heavy atom. The van der Waals surface area contributed by atoms with Crippen molar-refractivity contribution < 1.29 is 17.2 Å². The van der Waals surface area contributed by atoms with Crippen LogP contribution >= 0.6 is 0 Å². The summed E-state index contributed by atoms with van der Waals surface area (Å²) in [5.41, 5.74) is -1.32. The van der Waals surface area contributed by atoms with Crippen molar-refractivity contribution in [3.8, 4) is 0 Å². The zero-order valence-corrected chi connectivity index (χ0v) is 8.49. The van der Waals surface area contributed by atoms with Crippen molar-refractivity contribution in [2.24, 2.45) is 16.5 Å². The second-order valence-electron chi connectivity index (χ2n) is 4.38. The fourth-order valence-corrected chi connectivity index (χ4v) is 4.06. The van der Waals surface area contributed by atoms with Crippen LogP contribution in [0.2, 0.25) is 0 Å². The minimum absolute atomic E-state index is 0.293. The number of primary sulfonamides is 1. The van der Waals surface area contributed by atoms with Gasteiger partial charge in [-0.3, -0.25) is 0 Å². The van der Waals surface area contributed by atoms with Crippen molar-refractivity contribution in [2.75, 3.05) is 5.75 Å². The van der Waals surface area contributed by atoms with E-state index in [9.17, 15) is 17.2 Å². The summed E-state index contributed by atoms with van der Waals surface area (Å²) in [6.07, 6.45) is 2.18. The summed E-state index contributed by atoms with van der Waals surface area (Å²) < 4.78 is 48.5. The Balaban J connectivity index is 2.24. The van der Waals surface area contributed by atoms with Gasteiger partial charge in [0.1, 0.15) is 0 Å². The van der Waals surface area contributed by atoms with Gasteiger partial charge in [-0.25, -0.2) is 22.3 Å². The lowest BCUT2D eigenvalue weighted by atomic mass is 9.90. The van der Waals surface area contributed by atoms with Gasteiger partial charge < -0.3 is 0 Å². The van der Waals surface area contributed by atoms with Crippen LogP contribution < -0.4 is 5.14 Å². The van der Waals surface area contributed by atoms with Gasteiger partial charge >= 0.3 is 0 Å². The molecule has 2 saturated carbocycles. The average molecular weight is 225 g/mol. The van der Waals surface area contributed by atoms with Crippen molar-refractivity contribution in [2.45, 2.75) is 31.6 Å². The molecule has 0 aromatic heterocycles. The van der Waals surface area contributed by atoms with E-state index in [1.165, 1.54) is 0 Å². The van der Waals surface area contributed by atoms with Crippen LogP contribution in [0.25, 0.3) is 0 Å². The Morgan fingerprint density at radius 2 is 2.00 bits per heavy atom. The Hall–Kier alpha value is -0.230. The minimum atomic E-state index is -3.79. The van der Waals surface area contributed by atoms with Gasteiger partial charge in [0.2, 0.25) is 10.0 Å². The topological polar surface area (TPSA) is 60.2 Å². The summed E-state index contributed by atoms with van der Waals surface area (Å²) in [6, 6.07) is 0. The van der Waals surface area contributed by atoms with Crippen LogP contribution in [0.15, 0.2) is 0 Å². The number of rotatable bonds is 2. The molecule has 82 valence electrons. The standard InChI is InChI=1S/C8H13F2NO2S/c9-8(10)6-3-1-2-4-7(6,8)5-14(11,12)13/h6H,1-5H2,(H2,11,12,13). The second kappa shape index (κ2) is 2.66. The summed E-state index contributed by atoms with van der Waals surface area (Å²) in [4.78, 5) is 0. The van der Waals surface area contributed by atoms with Crippen LogP contribution in [0.1, 0.15) is 25.7 Å². The lowest BCUT2D eigenvalue weighted by Gasteiger charge is -2.18. The number of alkyl halides is 2. The molecule has 2 fully saturated rings. The predicted molar refractivity (Wildman–Crippen MR) is 47.3 cm³/mol. The molecule has 2 unspecified atom stereocenters. The molecule has 0 radical (unpaired) electrons. The second-order valence-corrected chi connectivity index (χ2v) is 6.00. The van der Waals surface area contributed by atoms with Crippen LogP contribution in [0.4, 0.5) is 8.78 Å². The van der Waals surface area contributed by atoms with E-state index in [2.05, 4.69) is 0 Å². The zero-order valence-electron chi connectivity index (χ0n) is 7.67. The lowest BCUT2D eigenvalue weighted by Crippen LogP contribution is -2.29. The maximum atomic E-state index is 13.4. The van der Waals surface area contributed by atoms with Crippen LogP contribution in [0, 0.1) is 11.3 Å². The molecule has 2 atom stereocenters. The molecule has 2 aliphatic carbocycles. The van der Waals surface area contributed by atoms with Crippen LogP contribution in [-0.4, -0.2) is 20.1 Å². The molecule has 3 nitrogen and oxygen atoms in total. The van der Waals surface area contributed by atoms with Gasteiger partial charge in [-0.2, -0.15) is 0 Å². The Bertz CT molecular complexity index is 354. The van der Waals surface area contributed by atoms with Gasteiger partial charge in [0.15, 0.2) is 0 Å². The normalized spacial score (nSPS) is 40.4. The third-order valence-corrected chi connectivity index (χ3v) is 4.43. The molecule has 0 aromatic carbocycles. The van der Waals surface area contributed by atoms with Gasteiger partial charge in [-0.05, 0) is 12.8 Å². The molecule has 0 bridgehead atoms. The molecule has 14 heavy (non-hydrogen) atoms. The fourth-order valence-electron chi connectivity index (χ4n) is 2.81. The summed E-state index contributed by atoms with van der Waals surface area (Å²) >= 11 is 0. The average Bonchev–Trinajstić information content (AvgIpc) is 2.46. The van der Waals surface area contributed by atoms with Gasteiger partial charge in [-0.1, -0.05) is 12.8 Å². The zero-order chi connectivity index (χ0) is 10.6. The number of hydrogen-bond acceptors (Lipinski definition) is 2. The molecular weight excluding hydrogens is 212 g/mol. The highest BCUT2D eigenvalue weighted by Crippen LogP contribution is 2.72. The monoisotopic (exact) mass is 225 g/mol. The van der Waals surface area contributed by atoms with Gasteiger partial charge in [0.25, 0.3) is 5.92 Å². The third-order valence-electron chi connectivity index (χ3n) is 3.51. The summed E-state index contributed by atoms with van der Waals surface area (Å²) in [6.45, 7) is 0. The first-order chi connectivity index (χ1) is 6.30. The molecular formula is C8H13F2NO2S. The summed E-state index contributed by atoms with van der Waals surface area (Å²) in [7, 11) is -3.79. The Labute approximate surface area is 81.7 Å². The van der Waals surface area contributed by atoms with Crippen molar-refractivity contribution >= 4 is 10.0 Å². The predicted octanol–water partition coefficient (Wildman–Crippen LogP) is 1.10. The smallest absolute Gasteiger partial charge is 0.229 e. The van der Waals surface area contributed by atoms with Crippen LogP contribution in [0.5, 0.6) is 0 Å². The Morgan fingerprint density at radius 1 is 1.36 bits per heavy atom. The highest BCUT2D eigenvalue weighted by molar-refractivity contribution is 7.89. The molecule has 2 N–H and O–H groups in total. The van der Waals surface area contributed by atoms with Gasteiger partial charge in [0.05, 0.1) is 11.2 Å². The summed E-state index contributed by atoms with van der Waals surface area (Å²) in [5.74, 6) is -4.12. The summed E-state index contributed by atoms with van der Waals surface area (Å²) in [5, 5.41) is 4.84. The number of fused-ring (bicyclic) bond motifs is 1. The highest BCUT2D eigenvalue weighted by Gasteiger charge is 2.80. The first-order valence-electron chi connectivity index (χ1n) is 4.68. The molecule has 2 rings (SSSR count). The molecule has 2 aliphatic rings. The van der Waals surface area contributed by atoms with E-state index in [0.717, 1.165) is 6.42 Å². The molecule has 0 saturated heterocycles. The first-order valence-corrected chi connectivity index (χ1v) is 6.39. The molecule has 0 heterocycles. The van der Waals surface area contributed by atoms with Gasteiger partial charge in [-0.15, -0.1) is 0 Å². The number of sulfonamides is 1. The van der Waals surface area contributed by atoms with E-state index in [0.29, 0.717) is 19.3 Å². The van der Waals surface area contributed by atoms with Crippen molar-refractivity contribution in [1.82, 2.24) is 0 Å². The van der Waals surface area contributed by atoms with E-state index in [1.807, 2.05) is 0 Å². The Kier molecular flexibility index (Phi) is 1.96. The quantitative estimate of drug-likeness (QED) is 0.765. The molecule has 0 aliphatic heterocycles. The fraction of sp³-hybridized carbons (Fsp3) is 1.00. The van der Waals surface area contributed by atoms with Crippen LogP contribution in [-0.2, 0) is 10.0 Å². The molecule has 0 aromatic rings. The van der Waals surface area contributed by atoms with Gasteiger partial charge in [0, 0.05) is 5.92 Å². The van der Waals surface area contributed by atoms with Crippen LogP contribution in [0.3, 0.4) is 0 Å². The van der Waals surface area contributed by atoms with E-state index in [4.69, 9.17) is 5.14 Å². The highest BCUT2D eigenvalue weighted by atomic mass is 32.2. The first kappa shape index (κ1) is 10.3. The maximum Gasteiger partial charge on any atom is 0.258 e. The van der Waals surface area contributed by atoms with E-state index in [1.54, 1.807) is 0 Å². The molecule has 6 heteroatoms.